The van der Waals surface area contributed by atoms with Gasteiger partial charge in [-0.1, -0.05) is 29.3 Å². The molecule has 110 valence electrons. The van der Waals surface area contributed by atoms with Gasteiger partial charge in [0, 0.05) is 16.1 Å². The van der Waals surface area contributed by atoms with Crippen molar-refractivity contribution in [2.75, 3.05) is 0 Å². The van der Waals surface area contributed by atoms with Gasteiger partial charge in [-0.15, -0.1) is 0 Å². The highest BCUT2D eigenvalue weighted by Crippen LogP contribution is 2.22. The number of hydrogen-bond acceptors (Lipinski definition) is 2. The highest BCUT2D eigenvalue weighted by atomic mass is 35.5. The molecular weight excluding hydrogens is 301 g/mol. The molecule has 0 unspecified atom stereocenters. The summed E-state index contributed by atoms with van der Waals surface area (Å²) in [4.78, 5) is 22.5. The van der Waals surface area contributed by atoms with E-state index in [1.54, 1.807) is 19.1 Å². The van der Waals surface area contributed by atoms with Crippen LogP contribution < -0.4 is 16.4 Å². The van der Waals surface area contributed by atoms with Crippen molar-refractivity contribution in [1.82, 2.24) is 10.6 Å². The van der Waals surface area contributed by atoms with E-state index in [2.05, 4.69) is 10.6 Å². The minimum atomic E-state index is -0.735. The first-order chi connectivity index (χ1) is 9.29. The Morgan fingerprint density at radius 1 is 1.25 bits per heavy atom. The number of amides is 3. The van der Waals surface area contributed by atoms with E-state index in [9.17, 15) is 9.59 Å². The van der Waals surface area contributed by atoms with Crippen LogP contribution >= 0.6 is 23.2 Å². The lowest BCUT2D eigenvalue weighted by Gasteiger charge is -2.18. The first kappa shape index (κ1) is 16.6. The van der Waals surface area contributed by atoms with Gasteiger partial charge >= 0.3 is 6.03 Å². The van der Waals surface area contributed by atoms with Crippen LogP contribution in [0.15, 0.2) is 18.2 Å². The van der Waals surface area contributed by atoms with Crippen LogP contribution in [0.1, 0.15) is 19.4 Å². The standard InChI is InChI=1S/C13H17Cl2N3O2/c1-7(17-12(19)8(2)18-13(16)20)5-9-3-4-10(14)6-11(9)15/h3-4,6-8H,5H2,1-2H3,(H,17,19)(H3,16,18,20)/t7-,8+/m0/s1. The second kappa shape index (κ2) is 7.36. The number of rotatable bonds is 5. The van der Waals surface area contributed by atoms with Crippen molar-refractivity contribution < 1.29 is 9.59 Å². The van der Waals surface area contributed by atoms with Crippen molar-refractivity contribution in [3.8, 4) is 0 Å². The van der Waals surface area contributed by atoms with Gasteiger partial charge in [0.1, 0.15) is 6.04 Å². The quantitative estimate of drug-likeness (QED) is 0.777. The molecule has 1 aromatic carbocycles. The number of primary amides is 1. The summed E-state index contributed by atoms with van der Waals surface area (Å²) >= 11 is 11.9. The van der Waals surface area contributed by atoms with Gasteiger partial charge < -0.3 is 16.4 Å². The van der Waals surface area contributed by atoms with Crippen LogP contribution in [0.3, 0.4) is 0 Å². The molecule has 0 aliphatic rings. The minimum Gasteiger partial charge on any atom is -0.352 e. The number of hydrogen-bond donors (Lipinski definition) is 3. The fourth-order valence-electron chi connectivity index (χ4n) is 1.71. The van der Waals surface area contributed by atoms with Gasteiger partial charge in [-0.05, 0) is 38.0 Å². The molecule has 5 nitrogen and oxygen atoms in total. The maximum atomic E-state index is 11.8. The number of halogens is 2. The molecule has 0 aliphatic carbocycles. The number of nitrogens with two attached hydrogens (primary N) is 1. The summed E-state index contributed by atoms with van der Waals surface area (Å²) in [6, 6.07) is 3.66. The Kier molecular flexibility index (Phi) is 6.10. The third-order valence-electron chi connectivity index (χ3n) is 2.68. The summed E-state index contributed by atoms with van der Waals surface area (Å²) < 4.78 is 0. The molecule has 20 heavy (non-hydrogen) atoms. The lowest BCUT2D eigenvalue weighted by molar-refractivity contribution is -0.123. The maximum Gasteiger partial charge on any atom is 0.312 e. The van der Waals surface area contributed by atoms with E-state index in [-0.39, 0.29) is 11.9 Å². The molecule has 0 saturated carbocycles. The normalized spacial score (nSPS) is 13.4. The van der Waals surface area contributed by atoms with E-state index >= 15 is 0 Å². The van der Waals surface area contributed by atoms with Crippen LogP contribution in [0, 0.1) is 0 Å². The van der Waals surface area contributed by atoms with Gasteiger partial charge in [-0.25, -0.2) is 4.79 Å². The topological polar surface area (TPSA) is 84.2 Å². The second-order valence-electron chi connectivity index (χ2n) is 4.58. The predicted octanol–water partition coefficient (Wildman–Crippen LogP) is 2.10. The smallest absolute Gasteiger partial charge is 0.312 e. The minimum absolute atomic E-state index is 0.140. The molecule has 2 atom stereocenters. The zero-order valence-corrected chi connectivity index (χ0v) is 12.8. The molecule has 1 aromatic rings. The van der Waals surface area contributed by atoms with E-state index in [0.717, 1.165) is 5.56 Å². The number of carbonyl (C=O) groups is 2. The number of nitrogens with one attached hydrogen (secondary N) is 2. The van der Waals surface area contributed by atoms with Gasteiger partial charge in [0.2, 0.25) is 5.91 Å². The van der Waals surface area contributed by atoms with E-state index in [1.165, 1.54) is 0 Å². The van der Waals surface area contributed by atoms with E-state index in [4.69, 9.17) is 28.9 Å². The number of urea groups is 1. The summed E-state index contributed by atoms with van der Waals surface area (Å²) in [5.41, 5.74) is 5.85. The first-order valence-corrected chi connectivity index (χ1v) is 6.85. The number of benzene rings is 1. The van der Waals surface area contributed by atoms with Crippen LogP contribution in [0.25, 0.3) is 0 Å². The second-order valence-corrected chi connectivity index (χ2v) is 5.42. The van der Waals surface area contributed by atoms with Crippen molar-refractivity contribution in [1.29, 1.82) is 0 Å². The molecule has 0 spiro atoms. The van der Waals surface area contributed by atoms with Gasteiger partial charge in [0.05, 0.1) is 0 Å². The summed E-state index contributed by atoms with van der Waals surface area (Å²) in [6.07, 6.45) is 0.561. The van der Waals surface area contributed by atoms with Crippen molar-refractivity contribution in [2.24, 2.45) is 5.73 Å². The van der Waals surface area contributed by atoms with E-state index < -0.39 is 12.1 Å². The molecule has 0 radical (unpaired) electrons. The molecule has 0 saturated heterocycles. The Balaban J connectivity index is 2.56. The molecule has 3 amide bonds. The fourth-order valence-corrected chi connectivity index (χ4v) is 2.20. The molecule has 0 aromatic heterocycles. The molecule has 0 heterocycles. The summed E-state index contributed by atoms with van der Waals surface area (Å²) in [5, 5.41) is 6.21. The van der Waals surface area contributed by atoms with Crippen molar-refractivity contribution in [2.45, 2.75) is 32.4 Å². The molecule has 0 bridgehead atoms. The van der Waals surface area contributed by atoms with E-state index in [1.807, 2.05) is 13.0 Å². The highest BCUT2D eigenvalue weighted by molar-refractivity contribution is 6.35. The largest absolute Gasteiger partial charge is 0.352 e. The Hall–Kier alpha value is -1.46. The van der Waals surface area contributed by atoms with Gasteiger partial charge in [-0.3, -0.25) is 4.79 Å². The van der Waals surface area contributed by atoms with Gasteiger partial charge in [0.25, 0.3) is 0 Å². The van der Waals surface area contributed by atoms with Crippen molar-refractivity contribution in [3.05, 3.63) is 33.8 Å². The van der Waals surface area contributed by atoms with Gasteiger partial charge in [0.15, 0.2) is 0 Å². The zero-order valence-electron chi connectivity index (χ0n) is 11.2. The number of carbonyl (C=O) groups excluding carboxylic acids is 2. The lowest BCUT2D eigenvalue weighted by atomic mass is 10.1. The van der Waals surface area contributed by atoms with Crippen LogP contribution in [0.2, 0.25) is 10.0 Å². The fraction of sp³-hybridized carbons (Fsp3) is 0.385. The summed E-state index contributed by atoms with van der Waals surface area (Å²) in [5.74, 6) is -0.304. The predicted molar refractivity (Wildman–Crippen MR) is 80.0 cm³/mol. The third-order valence-corrected chi connectivity index (χ3v) is 3.27. The van der Waals surface area contributed by atoms with E-state index in [0.29, 0.717) is 16.5 Å². The highest BCUT2D eigenvalue weighted by Gasteiger charge is 2.17. The average Bonchev–Trinajstić information content (AvgIpc) is 2.31. The maximum absolute atomic E-state index is 11.8. The van der Waals surface area contributed by atoms with Gasteiger partial charge in [-0.2, -0.15) is 0 Å². The SMILES string of the molecule is C[C@@H](Cc1ccc(Cl)cc1Cl)NC(=O)[C@@H](C)NC(N)=O. The van der Waals surface area contributed by atoms with Crippen LogP contribution in [0.5, 0.6) is 0 Å². The Morgan fingerprint density at radius 3 is 2.45 bits per heavy atom. The van der Waals surface area contributed by atoms with Crippen molar-refractivity contribution >= 4 is 35.1 Å². The molecule has 0 aliphatic heterocycles. The monoisotopic (exact) mass is 317 g/mol. The molecule has 7 heteroatoms. The Bertz CT molecular complexity index is 508. The zero-order chi connectivity index (χ0) is 15.3. The van der Waals surface area contributed by atoms with Crippen LogP contribution in [-0.4, -0.2) is 24.0 Å². The third kappa shape index (κ3) is 5.27. The van der Waals surface area contributed by atoms with Crippen LogP contribution in [-0.2, 0) is 11.2 Å². The molecule has 4 N–H and O–H groups in total. The first-order valence-electron chi connectivity index (χ1n) is 6.10. The summed E-state index contributed by atoms with van der Waals surface area (Å²) in [6.45, 7) is 3.40. The molecule has 0 fully saturated rings. The Labute approximate surface area is 127 Å². The summed E-state index contributed by atoms with van der Waals surface area (Å²) in [7, 11) is 0. The van der Waals surface area contributed by atoms with Crippen LogP contribution in [0.4, 0.5) is 4.79 Å². The lowest BCUT2D eigenvalue weighted by Crippen LogP contribution is -2.49. The average molecular weight is 318 g/mol. The molecule has 1 rings (SSSR count). The van der Waals surface area contributed by atoms with Crippen molar-refractivity contribution in [3.63, 3.8) is 0 Å². The molecular formula is C13H17Cl2N3O2. The Morgan fingerprint density at radius 2 is 1.90 bits per heavy atom.